The molecule has 3 aromatic rings. The Morgan fingerprint density at radius 2 is 1.45 bits per heavy atom. The number of sulfonamides is 1. The fraction of sp³-hybridized carbons (Fsp3) is 0.0500. The Balaban J connectivity index is 1.88. The summed E-state index contributed by atoms with van der Waals surface area (Å²) < 4.78 is 28.0. The third kappa shape index (κ3) is 5.42. The van der Waals surface area contributed by atoms with Gasteiger partial charge in [0.1, 0.15) is 4.90 Å². The summed E-state index contributed by atoms with van der Waals surface area (Å²) in [6.07, 6.45) is 0. The van der Waals surface area contributed by atoms with E-state index in [2.05, 4.69) is 10.0 Å². The Morgan fingerprint density at radius 3 is 2.07 bits per heavy atom. The van der Waals surface area contributed by atoms with Crippen LogP contribution in [-0.2, 0) is 10.0 Å². The number of nitrogens with one attached hydrogen (secondary N) is 2. The molecule has 3 rings (SSSR count). The number of aryl methyl sites for hydroxylation is 1. The van der Waals surface area contributed by atoms with Crippen LogP contribution in [0.3, 0.4) is 0 Å². The molecule has 0 aliphatic rings. The molecule has 9 heteroatoms. The molecule has 0 saturated heterocycles. The second-order valence-corrected chi connectivity index (χ2v) is 9.16. The minimum atomic E-state index is -4.00. The first kappa shape index (κ1) is 21.5. The second-order valence-electron chi connectivity index (χ2n) is 6.23. The first-order valence-corrected chi connectivity index (χ1v) is 10.9. The van der Waals surface area contributed by atoms with Crippen molar-refractivity contribution in [2.75, 3.05) is 10.0 Å². The maximum atomic E-state index is 12.8. The molecule has 0 atom stereocenters. The standard InChI is InChI=1S/C20H15Cl3N2O3S/c1-12-2-5-16(6-3-12)25-29(27,28)19-8-13(4-7-18(19)23)20(26)24-17-10-14(21)9-15(22)11-17/h2-11,25H,1H3,(H,24,26). The molecule has 0 radical (unpaired) electrons. The van der Waals surface area contributed by atoms with E-state index in [9.17, 15) is 13.2 Å². The normalized spacial score (nSPS) is 11.2. The first-order valence-electron chi connectivity index (χ1n) is 8.30. The minimum Gasteiger partial charge on any atom is -0.322 e. The summed E-state index contributed by atoms with van der Waals surface area (Å²) in [5.74, 6) is -0.535. The molecule has 0 aliphatic heterocycles. The van der Waals surface area contributed by atoms with Crippen LogP contribution in [0.1, 0.15) is 15.9 Å². The fourth-order valence-electron chi connectivity index (χ4n) is 2.51. The molecule has 150 valence electrons. The lowest BCUT2D eigenvalue weighted by Gasteiger charge is -2.12. The molecule has 0 aromatic heterocycles. The van der Waals surface area contributed by atoms with Crippen molar-refractivity contribution >= 4 is 62.1 Å². The van der Waals surface area contributed by atoms with Crippen LogP contribution < -0.4 is 10.0 Å². The molecule has 2 N–H and O–H groups in total. The van der Waals surface area contributed by atoms with Gasteiger partial charge in [-0.25, -0.2) is 8.42 Å². The van der Waals surface area contributed by atoms with Gasteiger partial charge in [-0.2, -0.15) is 0 Å². The van der Waals surface area contributed by atoms with E-state index in [1.54, 1.807) is 24.3 Å². The quantitative estimate of drug-likeness (QED) is 0.480. The molecular weight excluding hydrogens is 455 g/mol. The minimum absolute atomic E-state index is 0.00744. The van der Waals surface area contributed by atoms with Crippen LogP contribution >= 0.6 is 34.8 Å². The van der Waals surface area contributed by atoms with Gasteiger partial charge in [-0.3, -0.25) is 9.52 Å². The summed E-state index contributed by atoms with van der Waals surface area (Å²) in [4.78, 5) is 12.4. The molecule has 29 heavy (non-hydrogen) atoms. The first-order chi connectivity index (χ1) is 13.6. The van der Waals surface area contributed by atoms with E-state index in [1.807, 2.05) is 6.92 Å². The van der Waals surface area contributed by atoms with Gasteiger partial charge in [0.25, 0.3) is 15.9 Å². The summed E-state index contributed by atoms with van der Waals surface area (Å²) in [7, 11) is -4.00. The van der Waals surface area contributed by atoms with E-state index in [1.165, 1.54) is 36.4 Å². The SMILES string of the molecule is Cc1ccc(NS(=O)(=O)c2cc(C(=O)Nc3cc(Cl)cc(Cl)c3)ccc2Cl)cc1. The maximum absolute atomic E-state index is 12.8. The predicted molar refractivity (Wildman–Crippen MR) is 118 cm³/mol. The van der Waals surface area contributed by atoms with E-state index in [0.29, 0.717) is 21.4 Å². The van der Waals surface area contributed by atoms with Crippen molar-refractivity contribution in [3.05, 3.63) is 86.9 Å². The number of halogens is 3. The molecule has 5 nitrogen and oxygen atoms in total. The van der Waals surface area contributed by atoms with Crippen LogP contribution in [0.25, 0.3) is 0 Å². The molecule has 0 bridgehead atoms. The highest BCUT2D eigenvalue weighted by Gasteiger charge is 2.20. The predicted octanol–water partition coefficient (Wildman–Crippen LogP) is 6.01. The zero-order chi connectivity index (χ0) is 21.2. The average Bonchev–Trinajstić information content (AvgIpc) is 2.62. The van der Waals surface area contributed by atoms with Gasteiger partial charge in [0.05, 0.1) is 5.02 Å². The Bertz CT molecular complexity index is 1160. The smallest absolute Gasteiger partial charge is 0.263 e. The van der Waals surface area contributed by atoms with E-state index >= 15 is 0 Å². The van der Waals surface area contributed by atoms with Gasteiger partial charge in [0, 0.05) is 27.0 Å². The molecule has 0 heterocycles. The topological polar surface area (TPSA) is 75.3 Å². The zero-order valence-electron chi connectivity index (χ0n) is 15.0. The highest BCUT2D eigenvalue weighted by molar-refractivity contribution is 7.92. The van der Waals surface area contributed by atoms with Gasteiger partial charge in [-0.15, -0.1) is 0 Å². The van der Waals surface area contributed by atoms with Gasteiger partial charge in [-0.05, 0) is 55.5 Å². The van der Waals surface area contributed by atoms with E-state index < -0.39 is 15.9 Å². The van der Waals surface area contributed by atoms with Crippen LogP contribution in [-0.4, -0.2) is 14.3 Å². The van der Waals surface area contributed by atoms with Gasteiger partial charge in [-0.1, -0.05) is 52.5 Å². The van der Waals surface area contributed by atoms with Crippen LogP contribution in [0.5, 0.6) is 0 Å². The van der Waals surface area contributed by atoms with Crippen LogP contribution in [0.4, 0.5) is 11.4 Å². The van der Waals surface area contributed by atoms with Crippen molar-refractivity contribution < 1.29 is 13.2 Å². The summed E-state index contributed by atoms with van der Waals surface area (Å²) >= 11 is 18.0. The molecule has 0 unspecified atom stereocenters. The van der Waals surface area contributed by atoms with Gasteiger partial charge in [0.2, 0.25) is 0 Å². The third-order valence-electron chi connectivity index (χ3n) is 3.91. The maximum Gasteiger partial charge on any atom is 0.263 e. The van der Waals surface area contributed by atoms with Crippen molar-refractivity contribution in [1.82, 2.24) is 0 Å². The lowest BCUT2D eigenvalue weighted by Crippen LogP contribution is -2.16. The molecule has 3 aromatic carbocycles. The Hall–Kier alpha value is -2.25. The second kappa shape index (κ2) is 8.63. The van der Waals surface area contributed by atoms with Gasteiger partial charge < -0.3 is 5.32 Å². The molecule has 1 amide bonds. The molecule has 0 fully saturated rings. The summed E-state index contributed by atoms with van der Waals surface area (Å²) in [6, 6.07) is 15.4. The number of amides is 1. The number of carbonyl (C=O) groups excluding carboxylic acids is 1. The lowest BCUT2D eigenvalue weighted by atomic mass is 10.2. The summed E-state index contributed by atoms with van der Waals surface area (Å²) in [5.41, 5.74) is 1.86. The van der Waals surface area contributed by atoms with Gasteiger partial charge in [0.15, 0.2) is 0 Å². The summed E-state index contributed by atoms with van der Waals surface area (Å²) in [6.45, 7) is 1.89. The number of carbonyl (C=O) groups is 1. The van der Waals surface area contributed by atoms with E-state index in [0.717, 1.165) is 5.56 Å². The fourth-order valence-corrected chi connectivity index (χ4v) is 4.62. The zero-order valence-corrected chi connectivity index (χ0v) is 18.1. The van der Waals surface area contributed by atoms with Crippen molar-refractivity contribution in [3.63, 3.8) is 0 Å². The number of anilines is 2. The van der Waals surface area contributed by atoms with Crippen molar-refractivity contribution in [1.29, 1.82) is 0 Å². The van der Waals surface area contributed by atoms with Gasteiger partial charge >= 0.3 is 0 Å². The third-order valence-corrected chi connectivity index (χ3v) is 6.21. The highest BCUT2D eigenvalue weighted by Crippen LogP contribution is 2.27. The molecular formula is C20H15Cl3N2O3S. The van der Waals surface area contributed by atoms with E-state index in [-0.39, 0.29) is 15.5 Å². The Kier molecular flexibility index (Phi) is 6.39. The van der Waals surface area contributed by atoms with Crippen molar-refractivity contribution in [3.8, 4) is 0 Å². The lowest BCUT2D eigenvalue weighted by molar-refractivity contribution is 0.102. The van der Waals surface area contributed by atoms with Crippen LogP contribution in [0, 0.1) is 6.92 Å². The van der Waals surface area contributed by atoms with Crippen LogP contribution in [0.2, 0.25) is 15.1 Å². The molecule has 0 aliphatic carbocycles. The molecule has 0 spiro atoms. The van der Waals surface area contributed by atoms with E-state index in [4.69, 9.17) is 34.8 Å². The summed E-state index contributed by atoms with van der Waals surface area (Å²) in [5, 5.41) is 3.33. The number of hydrogen-bond acceptors (Lipinski definition) is 3. The average molecular weight is 470 g/mol. The Labute approximate surface area is 183 Å². The highest BCUT2D eigenvalue weighted by atomic mass is 35.5. The largest absolute Gasteiger partial charge is 0.322 e. The van der Waals surface area contributed by atoms with Crippen molar-refractivity contribution in [2.24, 2.45) is 0 Å². The van der Waals surface area contributed by atoms with Crippen molar-refractivity contribution in [2.45, 2.75) is 11.8 Å². The monoisotopic (exact) mass is 468 g/mol. The number of hydrogen-bond donors (Lipinski definition) is 2. The van der Waals surface area contributed by atoms with Crippen LogP contribution in [0.15, 0.2) is 65.6 Å². The number of benzene rings is 3. The number of rotatable bonds is 5. The Morgan fingerprint density at radius 1 is 0.828 bits per heavy atom. The molecule has 0 saturated carbocycles.